The van der Waals surface area contributed by atoms with Crippen LogP contribution in [-0.4, -0.2) is 62.5 Å². The van der Waals surface area contributed by atoms with Crippen LogP contribution >= 0.6 is 11.6 Å². The van der Waals surface area contributed by atoms with E-state index in [4.69, 9.17) is 25.8 Å². The van der Waals surface area contributed by atoms with E-state index >= 15 is 0 Å². The van der Waals surface area contributed by atoms with Crippen molar-refractivity contribution in [1.82, 2.24) is 10.2 Å². The van der Waals surface area contributed by atoms with Crippen LogP contribution < -0.4 is 10.1 Å². The van der Waals surface area contributed by atoms with E-state index < -0.39 is 6.10 Å². The van der Waals surface area contributed by atoms with E-state index in [-0.39, 0.29) is 5.97 Å². The van der Waals surface area contributed by atoms with E-state index in [9.17, 15) is 4.79 Å². The van der Waals surface area contributed by atoms with Gasteiger partial charge in [-0.2, -0.15) is 0 Å². The van der Waals surface area contributed by atoms with Crippen molar-refractivity contribution in [2.24, 2.45) is 11.8 Å². The van der Waals surface area contributed by atoms with Crippen molar-refractivity contribution < 1.29 is 19.0 Å². The molecule has 6 nitrogen and oxygen atoms in total. The molecule has 0 bridgehead atoms. The van der Waals surface area contributed by atoms with Crippen molar-refractivity contribution in [3.8, 4) is 5.75 Å². The zero-order valence-electron chi connectivity index (χ0n) is 20.0. The Labute approximate surface area is 207 Å². The van der Waals surface area contributed by atoms with Crippen molar-refractivity contribution in [1.29, 1.82) is 0 Å². The molecule has 0 radical (unpaired) electrons. The van der Waals surface area contributed by atoms with E-state index in [1.54, 1.807) is 6.92 Å². The summed E-state index contributed by atoms with van der Waals surface area (Å²) >= 11 is 5.98. The number of rotatable bonds is 13. The molecule has 0 unspecified atom stereocenters. The molecule has 2 aromatic carbocycles. The van der Waals surface area contributed by atoms with Gasteiger partial charge in [-0.3, -0.25) is 4.90 Å². The van der Waals surface area contributed by atoms with Crippen LogP contribution in [0.5, 0.6) is 5.75 Å². The minimum atomic E-state index is -0.568. The minimum absolute atomic E-state index is 0.311. The zero-order chi connectivity index (χ0) is 23.9. The molecule has 7 heteroatoms. The molecule has 2 fully saturated rings. The van der Waals surface area contributed by atoms with Gasteiger partial charge in [-0.1, -0.05) is 35.9 Å². The second kappa shape index (κ2) is 12.0. The molecule has 1 N–H and O–H groups in total. The lowest BCUT2D eigenvalue weighted by Crippen LogP contribution is -2.33. The smallest absolute Gasteiger partial charge is 0.335 e. The van der Waals surface area contributed by atoms with Crippen molar-refractivity contribution in [3.63, 3.8) is 0 Å². The summed E-state index contributed by atoms with van der Waals surface area (Å²) in [6, 6.07) is 16.6. The summed E-state index contributed by atoms with van der Waals surface area (Å²) in [5, 5.41) is 4.45. The summed E-state index contributed by atoms with van der Waals surface area (Å²) in [4.78, 5) is 14.6. The first-order valence-corrected chi connectivity index (χ1v) is 12.6. The predicted octanol–water partition coefficient (Wildman–Crippen LogP) is 3.95. The number of benzene rings is 2. The number of fused-ring (bicyclic) bond motifs is 1. The topological polar surface area (TPSA) is 60.0 Å². The molecule has 1 heterocycles. The number of hydrogen-bond acceptors (Lipinski definition) is 6. The maximum atomic E-state index is 12.0. The standard InChI is InChI=1S/C27H35ClN2O4/c1-3-32-25(27(31)33-4-2)15-19-7-11-22(12-8-19)34-14-13-29-26-23-17-30(18-24(23)26)16-20-5-9-21(28)10-6-20/h5-12,23-26,29H,3-4,13-18H2,1-2H3/t23-,24+,25-,26+/m1/s1. The van der Waals surface area contributed by atoms with Gasteiger partial charge in [-0.15, -0.1) is 0 Å². The van der Waals surface area contributed by atoms with E-state index in [0.29, 0.717) is 32.3 Å². The summed E-state index contributed by atoms with van der Waals surface area (Å²) in [7, 11) is 0. The minimum Gasteiger partial charge on any atom is -0.492 e. The van der Waals surface area contributed by atoms with Crippen LogP contribution in [0, 0.1) is 11.8 Å². The van der Waals surface area contributed by atoms with Crippen LogP contribution in [0.4, 0.5) is 0 Å². The SMILES string of the molecule is CCOC(=O)[C@@H](Cc1ccc(OCCN[C@H]2[C@@H]3CN(Cc4ccc(Cl)cc4)C[C@@H]32)cc1)OCC. The van der Waals surface area contributed by atoms with E-state index in [1.165, 1.54) is 5.56 Å². The first-order chi connectivity index (χ1) is 16.6. The third-order valence-electron chi connectivity index (χ3n) is 6.60. The molecule has 0 amide bonds. The quantitative estimate of drug-likeness (QED) is 0.342. The number of halogens is 1. The Bertz CT molecular complexity index is 909. The van der Waals surface area contributed by atoms with Gasteiger partial charge in [-0.25, -0.2) is 4.79 Å². The first kappa shape index (κ1) is 25.0. The number of ether oxygens (including phenoxy) is 3. The molecular formula is C27H35ClN2O4. The Morgan fingerprint density at radius 3 is 2.35 bits per heavy atom. The highest BCUT2D eigenvalue weighted by Gasteiger charge is 2.55. The van der Waals surface area contributed by atoms with Crippen LogP contribution in [0.1, 0.15) is 25.0 Å². The number of esters is 1. The Kier molecular flexibility index (Phi) is 8.84. The molecule has 2 aromatic rings. The molecule has 184 valence electrons. The Hall–Kier alpha value is -2.12. The van der Waals surface area contributed by atoms with Crippen molar-refractivity contribution in [2.45, 2.75) is 39.0 Å². The molecule has 0 spiro atoms. The van der Waals surface area contributed by atoms with E-state index in [2.05, 4.69) is 22.3 Å². The summed E-state index contributed by atoms with van der Waals surface area (Å²) in [5.41, 5.74) is 2.34. The fourth-order valence-electron chi connectivity index (χ4n) is 4.87. The molecule has 2 aliphatic rings. The molecule has 1 aliphatic carbocycles. The number of carbonyl (C=O) groups excluding carboxylic acids is 1. The number of likely N-dealkylation sites (tertiary alicyclic amines) is 1. The lowest BCUT2D eigenvalue weighted by atomic mass is 10.1. The third-order valence-corrected chi connectivity index (χ3v) is 6.85. The summed E-state index contributed by atoms with van der Waals surface area (Å²) < 4.78 is 16.6. The van der Waals surface area contributed by atoms with Gasteiger partial charge >= 0.3 is 5.97 Å². The maximum absolute atomic E-state index is 12.0. The molecule has 0 aromatic heterocycles. The predicted molar refractivity (Wildman–Crippen MR) is 133 cm³/mol. The molecule has 1 saturated heterocycles. The number of nitrogens with zero attached hydrogens (tertiary/aromatic N) is 1. The number of carbonyl (C=O) groups is 1. The first-order valence-electron chi connectivity index (χ1n) is 12.3. The molecule has 1 saturated carbocycles. The number of nitrogens with one attached hydrogen (secondary N) is 1. The normalized spacial score (nSPS) is 22.3. The molecule has 4 rings (SSSR count). The number of piperidine rings is 1. The van der Waals surface area contributed by atoms with Gasteiger partial charge < -0.3 is 19.5 Å². The van der Waals surface area contributed by atoms with Crippen molar-refractivity contribution in [2.75, 3.05) is 39.5 Å². The van der Waals surface area contributed by atoms with Crippen LogP contribution in [0.15, 0.2) is 48.5 Å². The highest BCUT2D eigenvalue weighted by molar-refractivity contribution is 6.30. The summed E-state index contributed by atoms with van der Waals surface area (Å²) in [6.07, 6.45) is -0.0744. The van der Waals surface area contributed by atoms with E-state index in [0.717, 1.165) is 54.4 Å². The summed E-state index contributed by atoms with van der Waals surface area (Å²) in [6.45, 7) is 9.29. The lowest BCUT2D eigenvalue weighted by Gasteiger charge is -2.20. The van der Waals surface area contributed by atoms with Crippen LogP contribution in [-0.2, 0) is 27.2 Å². The van der Waals surface area contributed by atoms with Crippen molar-refractivity contribution in [3.05, 3.63) is 64.7 Å². The second-order valence-corrected chi connectivity index (χ2v) is 9.46. The van der Waals surface area contributed by atoms with Gasteiger partial charge in [0.2, 0.25) is 0 Å². The largest absolute Gasteiger partial charge is 0.492 e. The molecular weight excluding hydrogens is 452 g/mol. The van der Waals surface area contributed by atoms with Crippen LogP contribution in [0.25, 0.3) is 0 Å². The fraction of sp³-hybridized carbons (Fsp3) is 0.519. The Morgan fingerprint density at radius 1 is 1.03 bits per heavy atom. The van der Waals surface area contributed by atoms with Gasteiger partial charge in [0.05, 0.1) is 6.61 Å². The van der Waals surface area contributed by atoms with Crippen molar-refractivity contribution >= 4 is 17.6 Å². The highest BCUT2D eigenvalue weighted by atomic mass is 35.5. The van der Waals surface area contributed by atoms with Crippen LogP contribution in [0.3, 0.4) is 0 Å². The average molecular weight is 487 g/mol. The van der Waals surface area contributed by atoms with Crippen LogP contribution in [0.2, 0.25) is 5.02 Å². The van der Waals surface area contributed by atoms with Gasteiger partial charge in [0.1, 0.15) is 12.4 Å². The second-order valence-electron chi connectivity index (χ2n) is 9.02. The highest BCUT2D eigenvalue weighted by Crippen LogP contribution is 2.45. The maximum Gasteiger partial charge on any atom is 0.335 e. The van der Waals surface area contributed by atoms with Gasteiger partial charge in [0, 0.05) is 50.3 Å². The molecule has 4 atom stereocenters. The average Bonchev–Trinajstić information content (AvgIpc) is 3.28. The Morgan fingerprint density at radius 2 is 1.71 bits per heavy atom. The zero-order valence-corrected chi connectivity index (χ0v) is 20.8. The molecule has 1 aliphatic heterocycles. The van der Waals surface area contributed by atoms with Gasteiger partial charge in [0.25, 0.3) is 0 Å². The summed E-state index contributed by atoms with van der Waals surface area (Å²) in [5.74, 6) is 2.03. The number of hydrogen-bond donors (Lipinski definition) is 1. The fourth-order valence-corrected chi connectivity index (χ4v) is 5.00. The lowest BCUT2D eigenvalue weighted by molar-refractivity contribution is -0.156. The van der Waals surface area contributed by atoms with Gasteiger partial charge in [0.15, 0.2) is 6.10 Å². The third kappa shape index (κ3) is 6.72. The molecule has 34 heavy (non-hydrogen) atoms. The van der Waals surface area contributed by atoms with Gasteiger partial charge in [-0.05, 0) is 61.1 Å². The Balaban J connectivity index is 1.12. The van der Waals surface area contributed by atoms with E-state index in [1.807, 2.05) is 43.3 Å². The monoisotopic (exact) mass is 486 g/mol.